The number of nitriles is 1. The minimum absolute atomic E-state index is 0.0466. The zero-order valence-electron chi connectivity index (χ0n) is 16.3. The first-order chi connectivity index (χ1) is 14.9. The number of benzene rings is 3. The third-order valence-corrected chi connectivity index (χ3v) is 4.66. The van der Waals surface area contributed by atoms with Gasteiger partial charge in [0.1, 0.15) is 12.4 Å². The van der Waals surface area contributed by atoms with Crippen LogP contribution in [0.15, 0.2) is 60.7 Å². The number of nitro benzene ring substituents is 1. The van der Waals surface area contributed by atoms with Crippen LogP contribution >= 0.6 is 11.6 Å². The number of hydrogen-bond donors (Lipinski definition) is 0. The van der Waals surface area contributed by atoms with Gasteiger partial charge in [-0.05, 0) is 35.4 Å². The fraction of sp³-hybridized carbons (Fsp3) is 0.0870. The van der Waals surface area contributed by atoms with Crippen LogP contribution in [0.3, 0.4) is 0 Å². The molecular weight excluding hydrogens is 423 g/mol. The largest absolute Gasteiger partial charge is 0.493 e. The lowest BCUT2D eigenvalue weighted by Crippen LogP contribution is -2.01. The molecule has 3 rings (SSSR count). The van der Waals surface area contributed by atoms with Gasteiger partial charge >= 0.3 is 0 Å². The standard InChI is InChI=1S/C23H16ClFN2O4/c1-30-22-11-15(9-18(13-26)16-6-4-7-19(12-16)27(28)29)10-20(24)23(22)31-14-17-5-2-3-8-21(17)25/h2-12H,14H2,1H3. The van der Waals surface area contributed by atoms with Crippen molar-refractivity contribution < 1.29 is 18.8 Å². The number of halogens is 2. The molecular formula is C23H16ClFN2O4. The van der Waals surface area contributed by atoms with Crippen molar-refractivity contribution in [2.45, 2.75) is 6.61 Å². The molecule has 0 atom stereocenters. The van der Waals surface area contributed by atoms with Gasteiger partial charge < -0.3 is 9.47 Å². The molecule has 6 nitrogen and oxygen atoms in total. The Morgan fingerprint density at radius 3 is 2.68 bits per heavy atom. The van der Waals surface area contributed by atoms with Crippen LogP contribution in [0.5, 0.6) is 11.5 Å². The molecule has 156 valence electrons. The van der Waals surface area contributed by atoms with Gasteiger partial charge in [-0.15, -0.1) is 0 Å². The van der Waals surface area contributed by atoms with Crippen LogP contribution in [0.1, 0.15) is 16.7 Å². The maximum atomic E-state index is 13.8. The maximum Gasteiger partial charge on any atom is 0.270 e. The highest BCUT2D eigenvalue weighted by Crippen LogP contribution is 2.38. The first-order valence-electron chi connectivity index (χ1n) is 9.03. The van der Waals surface area contributed by atoms with Crippen molar-refractivity contribution >= 4 is 28.9 Å². The lowest BCUT2D eigenvalue weighted by Gasteiger charge is -2.14. The number of non-ortho nitro benzene ring substituents is 1. The van der Waals surface area contributed by atoms with E-state index < -0.39 is 10.7 Å². The molecule has 0 saturated heterocycles. The minimum atomic E-state index is -0.528. The van der Waals surface area contributed by atoms with E-state index in [1.807, 2.05) is 6.07 Å². The number of allylic oxidation sites excluding steroid dienone is 1. The van der Waals surface area contributed by atoms with Gasteiger partial charge in [-0.2, -0.15) is 5.26 Å². The fourth-order valence-corrected chi connectivity index (χ4v) is 3.14. The third kappa shape index (κ3) is 5.18. The smallest absolute Gasteiger partial charge is 0.270 e. The van der Waals surface area contributed by atoms with Gasteiger partial charge in [-0.25, -0.2) is 4.39 Å². The fourth-order valence-electron chi connectivity index (χ4n) is 2.86. The highest BCUT2D eigenvalue weighted by atomic mass is 35.5. The Balaban J connectivity index is 1.93. The quantitative estimate of drug-likeness (QED) is 0.194. The van der Waals surface area contributed by atoms with Gasteiger partial charge in [-0.3, -0.25) is 10.1 Å². The molecule has 0 radical (unpaired) electrons. The topological polar surface area (TPSA) is 85.4 Å². The Labute approximate surface area is 182 Å². The van der Waals surface area contributed by atoms with Crippen molar-refractivity contribution in [1.29, 1.82) is 5.26 Å². The Kier molecular flexibility index (Phi) is 6.85. The van der Waals surface area contributed by atoms with Crippen LogP contribution in [0.25, 0.3) is 11.6 Å². The molecule has 8 heteroatoms. The van der Waals surface area contributed by atoms with E-state index in [2.05, 4.69) is 0 Å². The third-order valence-electron chi connectivity index (χ3n) is 4.38. The second kappa shape index (κ2) is 9.74. The van der Waals surface area contributed by atoms with Crippen LogP contribution in [-0.2, 0) is 6.61 Å². The van der Waals surface area contributed by atoms with Crippen LogP contribution in [-0.4, -0.2) is 12.0 Å². The summed E-state index contributed by atoms with van der Waals surface area (Å²) in [5.74, 6) is 0.137. The van der Waals surface area contributed by atoms with Crippen molar-refractivity contribution in [3.63, 3.8) is 0 Å². The number of ether oxygens (including phenoxy) is 2. The number of methoxy groups -OCH3 is 1. The molecule has 0 aromatic heterocycles. The summed E-state index contributed by atoms with van der Waals surface area (Å²) in [4.78, 5) is 10.5. The highest BCUT2D eigenvalue weighted by Gasteiger charge is 2.14. The SMILES string of the molecule is COc1cc(C=C(C#N)c2cccc([N+](=O)[O-])c2)cc(Cl)c1OCc1ccccc1F. The number of nitro groups is 1. The first kappa shape index (κ1) is 21.8. The number of rotatable bonds is 7. The molecule has 0 aliphatic rings. The number of hydrogen-bond acceptors (Lipinski definition) is 5. The average molecular weight is 439 g/mol. The lowest BCUT2D eigenvalue weighted by atomic mass is 10.0. The summed E-state index contributed by atoms with van der Waals surface area (Å²) in [6.07, 6.45) is 1.54. The Bertz CT molecular complexity index is 1200. The molecule has 0 N–H and O–H groups in total. The summed E-state index contributed by atoms with van der Waals surface area (Å²) in [7, 11) is 1.43. The predicted octanol–water partition coefficient (Wildman–Crippen LogP) is 6.04. The van der Waals surface area contributed by atoms with Crippen LogP contribution < -0.4 is 9.47 Å². The molecule has 0 aliphatic carbocycles. The van der Waals surface area contributed by atoms with Crippen molar-refractivity contribution in [1.82, 2.24) is 0 Å². The second-order valence-corrected chi connectivity index (χ2v) is 6.80. The molecule has 3 aromatic carbocycles. The van der Waals surface area contributed by atoms with Crippen molar-refractivity contribution in [3.8, 4) is 17.6 Å². The van der Waals surface area contributed by atoms with E-state index in [-0.39, 0.29) is 28.6 Å². The zero-order valence-corrected chi connectivity index (χ0v) is 17.1. The van der Waals surface area contributed by atoms with E-state index in [4.69, 9.17) is 21.1 Å². The van der Waals surface area contributed by atoms with Gasteiger partial charge in [0.15, 0.2) is 11.5 Å². The van der Waals surface area contributed by atoms with Gasteiger partial charge in [0, 0.05) is 17.7 Å². The first-order valence-corrected chi connectivity index (χ1v) is 9.41. The van der Waals surface area contributed by atoms with E-state index in [0.29, 0.717) is 22.4 Å². The molecule has 0 spiro atoms. The zero-order chi connectivity index (χ0) is 22.4. The summed E-state index contributed by atoms with van der Waals surface area (Å²) in [6, 6.07) is 17.2. The van der Waals surface area contributed by atoms with Gasteiger partial charge in [0.05, 0.1) is 28.7 Å². The van der Waals surface area contributed by atoms with E-state index in [9.17, 15) is 19.8 Å². The van der Waals surface area contributed by atoms with Crippen LogP contribution in [0.2, 0.25) is 5.02 Å². The van der Waals surface area contributed by atoms with Crippen molar-refractivity contribution in [2.75, 3.05) is 7.11 Å². The summed E-state index contributed by atoms with van der Waals surface area (Å²) in [5.41, 5.74) is 1.38. The Morgan fingerprint density at radius 2 is 2.00 bits per heavy atom. The van der Waals surface area contributed by atoms with Crippen LogP contribution in [0, 0.1) is 27.3 Å². The van der Waals surface area contributed by atoms with E-state index in [1.165, 1.54) is 37.5 Å². The highest BCUT2D eigenvalue weighted by molar-refractivity contribution is 6.32. The molecule has 31 heavy (non-hydrogen) atoms. The van der Waals surface area contributed by atoms with Gasteiger partial charge in [0.25, 0.3) is 5.69 Å². The van der Waals surface area contributed by atoms with Gasteiger partial charge in [-0.1, -0.05) is 41.9 Å². The summed E-state index contributed by atoms with van der Waals surface area (Å²) in [5, 5.41) is 20.8. The summed E-state index contributed by atoms with van der Waals surface area (Å²) >= 11 is 6.36. The van der Waals surface area contributed by atoms with Crippen molar-refractivity contribution in [2.24, 2.45) is 0 Å². The average Bonchev–Trinajstić information content (AvgIpc) is 2.77. The Morgan fingerprint density at radius 1 is 1.23 bits per heavy atom. The molecule has 0 aliphatic heterocycles. The molecule has 0 heterocycles. The van der Waals surface area contributed by atoms with E-state index in [0.717, 1.165) is 0 Å². The van der Waals surface area contributed by atoms with Crippen molar-refractivity contribution in [3.05, 3.63) is 98.3 Å². The summed E-state index contributed by atoms with van der Waals surface area (Å²) < 4.78 is 24.9. The molecule has 0 unspecified atom stereocenters. The molecule has 0 bridgehead atoms. The van der Waals surface area contributed by atoms with E-state index >= 15 is 0 Å². The second-order valence-electron chi connectivity index (χ2n) is 6.39. The molecule has 3 aromatic rings. The molecule has 0 amide bonds. The maximum absolute atomic E-state index is 13.8. The monoisotopic (exact) mass is 438 g/mol. The van der Waals surface area contributed by atoms with E-state index in [1.54, 1.807) is 36.4 Å². The molecule has 0 fully saturated rings. The normalized spacial score (nSPS) is 11.0. The Hall–Kier alpha value is -3.89. The molecule has 0 saturated carbocycles. The van der Waals surface area contributed by atoms with Crippen LogP contribution in [0.4, 0.5) is 10.1 Å². The number of nitrogens with zero attached hydrogens (tertiary/aromatic N) is 2. The minimum Gasteiger partial charge on any atom is -0.493 e. The predicted molar refractivity (Wildman–Crippen MR) is 115 cm³/mol. The lowest BCUT2D eigenvalue weighted by molar-refractivity contribution is -0.384. The summed E-state index contributed by atoms with van der Waals surface area (Å²) in [6.45, 7) is -0.0466. The van der Waals surface area contributed by atoms with Gasteiger partial charge in [0.2, 0.25) is 0 Å².